The molecule has 1 atom stereocenters. The lowest BCUT2D eigenvalue weighted by molar-refractivity contribution is -0.122. The molecular formula is C16H28ClN3O3S2. The minimum atomic E-state index is -3.62. The Bertz CT molecular complexity index is 600. The summed E-state index contributed by atoms with van der Waals surface area (Å²) in [6.07, 6.45) is 7.57. The first kappa shape index (κ1) is 22.4. The molecule has 144 valence electrons. The quantitative estimate of drug-likeness (QED) is 0.454. The number of amides is 1. The highest BCUT2D eigenvalue weighted by Crippen LogP contribution is 2.17. The Hall–Kier alpha value is -0.670. The van der Waals surface area contributed by atoms with Gasteiger partial charge >= 0.3 is 0 Å². The van der Waals surface area contributed by atoms with Crippen molar-refractivity contribution in [2.75, 3.05) is 13.1 Å². The highest BCUT2D eigenvalue weighted by molar-refractivity contribution is 7.91. The van der Waals surface area contributed by atoms with Gasteiger partial charge in [-0.3, -0.25) is 4.79 Å². The van der Waals surface area contributed by atoms with E-state index < -0.39 is 16.1 Å². The highest BCUT2D eigenvalue weighted by Gasteiger charge is 2.22. The second kappa shape index (κ2) is 11.1. The largest absolute Gasteiger partial charge is 0.353 e. The maximum atomic E-state index is 12.1. The monoisotopic (exact) mass is 409 g/mol. The Morgan fingerprint density at radius 1 is 1.24 bits per heavy atom. The second-order valence-electron chi connectivity index (χ2n) is 6.21. The SMILES string of the molecule is CC(NS(=O)(=O)c1cccs1)C(=O)NCCNC1CCCCCC1.Cl. The van der Waals surface area contributed by atoms with E-state index in [2.05, 4.69) is 15.4 Å². The van der Waals surface area contributed by atoms with Crippen LogP contribution in [0.3, 0.4) is 0 Å². The van der Waals surface area contributed by atoms with Gasteiger partial charge in [-0.15, -0.1) is 23.7 Å². The topological polar surface area (TPSA) is 87.3 Å². The Balaban J connectivity index is 0.00000312. The molecule has 0 spiro atoms. The van der Waals surface area contributed by atoms with Crippen LogP contribution in [0.4, 0.5) is 0 Å². The first-order valence-corrected chi connectivity index (χ1v) is 10.9. The maximum Gasteiger partial charge on any atom is 0.250 e. The molecule has 9 heteroatoms. The van der Waals surface area contributed by atoms with Crippen molar-refractivity contribution in [1.29, 1.82) is 0 Å². The summed E-state index contributed by atoms with van der Waals surface area (Å²) in [4.78, 5) is 12.0. The maximum absolute atomic E-state index is 12.1. The van der Waals surface area contributed by atoms with Gasteiger partial charge in [0.05, 0.1) is 6.04 Å². The number of hydrogen-bond donors (Lipinski definition) is 3. The van der Waals surface area contributed by atoms with Crippen LogP contribution in [0, 0.1) is 0 Å². The third-order valence-electron chi connectivity index (χ3n) is 4.20. The molecule has 6 nitrogen and oxygen atoms in total. The van der Waals surface area contributed by atoms with E-state index in [0.717, 1.165) is 11.3 Å². The second-order valence-corrected chi connectivity index (χ2v) is 9.10. The van der Waals surface area contributed by atoms with Gasteiger partial charge < -0.3 is 10.6 Å². The summed E-state index contributed by atoms with van der Waals surface area (Å²) in [5.74, 6) is -0.308. The zero-order valence-electron chi connectivity index (χ0n) is 14.5. The molecule has 1 aromatic rings. The molecule has 1 aliphatic carbocycles. The minimum absolute atomic E-state index is 0. The van der Waals surface area contributed by atoms with Gasteiger partial charge in [-0.1, -0.05) is 31.7 Å². The number of halogens is 1. The molecule has 0 saturated heterocycles. The molecule has 3 N–H and O–H groups in total. The summed E-state index contributed by atoms with van der Waals surface area (Å²) in [7, 11) is -3.62. The molecule has 25 heavy (non-hydrogen) atoms. The van der Waals surface area contributed by atoms with Crippen molar-refractivity contribution < 1.29 is 13.2 Å². The van der Waals surface area contributed by atoms with E-state index >= 15 is 0 Å². The number of carbonyl (C=O) groups is 1. The number of rotatable bonds is 8. The number of hydrogen-bond acceptors (Lipinski definition) is 5. The van der Waals surface area contributed by atoms with Crippen LogP contribution in [0.5, 0.6) is 0 Å². The van der Waals surface area contributed by atoms with E-state index in [-0.39, 0.29) is 22.5 Å². The Morgan fingerprint density at radius 2 is 1.92 bits per heavy atom. The van der Waals surface area contributed by atoms with E-state index in [4.69, 9.17) is 0 Å². The molecule has 1 fully saturated rings. The van der Waals surface area contributed by atoms with Crippen molar-refractivity contribution in [3.63, 3.8) is 0 Å². The van der Waals surface area contributed by atoms with Gasteiger partial charge in [-0.2, -0.15) is 4.72 Å². The van der Waals surface area contributed by atoms with Gasteiger partial charge in [0.15, 0.2) is 0 Å². The van der Waals surface area contributed by atoms with Gasteiger partial charge in [0.1, 0.15) is 4.21 Å². The summed E-state index contributed by atoms with van der Waals surface area (Å²) in [5, 5.41) is 7.95. The lowest BCUT2D eigenvalue weighted by atomic mass is 10.1. The predicted molar refractivity (Wildman–Crippen MR) is 104 cm³/mol. The molecule has 0 aromatic carbocycles. The van der Waals surface area contributed by atoms with Gasteiger partial charge in [0.2, 0.25) is 5.91 Å². The van der Waals surface area contributed by atoms with E-state index in [0.29, 0.717) is 19.1 Å². The molecule has 1 saturated carbocycles. The molecule has 1 aliphatic rings. The summed E-state index contributed by atoms with van der Waals surface area (Å²) in [5.41, 5.74) is 0. The normalized spacial score (nSPS) is 17.3. The van der Waals surface area contributed by atoms with E-state index in [1.807, 2.05) is 0 Å². The Morgan fingerprint density at radius 3 is 2.52 bits per heavy atom. The number of nitrogens with one attached hydrogen (secondary N) is 3. The average Bonchev–Trinajstić information content (AvgIpc) is 2.97. The van der Waals surface area contributed by atoms with Crippen LogP contribution in [0.1, 0.15) is 45.4 Å². The van der Waals surface area contributed by atoms with E-state index in [1.54, 1.807) is 18.4 Å². The highest BCUT2D eigenvalue weighted by atomic mass is 35.5. The molecule has 1 amide bonds. The van der Waals surface area contributed by atoms with Gasteiger partial charge in [-0.05, 0) is 31.2 Å². The average molecular weight is 410 g/mol. The van der Waals surface area contributed by atoms with Crippen LogP contribution in [0.25, 0.3) is 0 Å². The van der Waals surface area contributed by atoms with E-state index in [1.165, 1.54) is 44.6 Å². The number of carbonyl (C=O) groups excluding carboxylic acids is 1. The fraction of sp³-hybridized carbons (Fsp3) is 0.688. The lowest BCUT2D eigenvalue weighted by Crippen LogP contribution is -2.46. The third kappa shape index (κ3) is 7.62. The van der Waals surface area contributed by atoms with Crippen molar-refractivity contribution in [3.8, 4) is 0 Å². The first-order chi connectivity index (χ1) is 11.5. The molecule has 0 bridgehead atoms. The molecule has 1 unspecified atom stereocenters. The molecule has 0 radical (unpaired) electrons. The predicted octanol–water partition coefficient (Wildman–Crippen LogP) is 2.27. The van der Waals surface area contributed by atoms with Crippen molar-refractivity contribution in [3.05, 3.63) is 17.5 Å². The summed E-state index contributed by atoms with van der Waals surface area (Å²) in [6, 6.07) is 2.94. The fourth-order valence-corrected chi connectivity index (χ4v) is 5.07. The van der Waals surface area contributed by atoms with Crippen LogP contribution < -0.4 is 15.4 Å². The number of sulfonamides is 1. The molecule has 1 heterocycles. The standard InChI is InChI=1S/C16H27N3O3S2.ClH/c1-13(19-24(21,22)15-9-6-12-23-15)16(20)18-11-10-17-14-7-4-2-3-5-8-14;/h6,9,12-14,17,19H,2-5,7-8,10-11H2,1H3,(H,18,20);1H. The summed E-state index contributed by atoms with van der Waals surface area (Å²) in [6.45, 7) is 2.76. The van der Waals surface area contributed by atoms with Gasteiger partial charge in [0, 0.05) is 19.1 Å². The zero-order valence-corrected chi connectivity index (χ0v) is 16.9. The third-order valence-corrected chi connectivity index (χ3v) is 7.14. The van der Waals surface area contributed by atoms with Crippen molar-refractivity contribution >= 4 is 39.7 Å². The van der Waals surface area contributed by atoms with Gasteiger partial charge in [-0.25, -0.2) is 8.42 Å². The smallest absolute Gasteiger partial charge is 0.250 e. The number of thiophene rings is 1. The summed E-state index contributed by atoms with van der Waals surface area (Å²) < 4.78 is 26.8. The van der Waals surface area contributed by atoms with Crippen molar-refractivity contribution in [2.45, 2.75) is 61.7 Å². The zero-order chi connectivity index (χ0) is 17.4. The van der Waals surface area contributed by atoms with Crippen molar-refractivity contribution in [2.24, 2.45) is 0 Å². The Kier molecular flexibility index (Phi) is 9.96. The Labute approximate surface area is 160 Å². The van der Waals surface area contributed by atoms with Gasteiger partial charge in [0.25, 0.3) is 10.0 Å². The van der Waals surface area contributed by atoms with Crippen LogP contribution >= 0.6 is 23.7 Å². The van der Waals surface area contributed by atoms with Crippen LogP contribution in [-0.4, -0.2) is 39.5 Å². The van der Waals surface area contributed by atoms with Crippen LogP contribution in [-0.2, 0) is 14.8 Å². The van der Waals surface area contributed by atoms with Crippen molar-refractivity contribution in [1.82, 2.24) is 15.4 Å². The van der Waals surface area contributed by atoms with E-state index in [9.17, 15) is 13.2 Å². The summed E-state index contributed by atoms with van der Waals surface area (Å²) >= 11 is 1.13. The van der Waals surface area contributed by atoms with Crippen LogP contribution in [0.15, 0.2) is 21.7 Å². The first-order valence-electron chi connectivity index (χ1n) is 8.56. The fourth-order valence-electron chi connectivity index (χ4n) is 2.86. The minimum Gasteiger partial charge on any atom is -0.353 e. The lowest BCUT2D eigenvalue weighted by Gasteiger charge is -2.17. The molecular weight excluding hydrogens is 382 g/mol. The molecule has 1 aromatic heterocycles. The molecule has 2 rings (SSSR count). The molecule has 0 aliphatic heterocycles. The van der Waals surface area contributed by atoms with Crippen LogP contribution in [0.2, 0.25) is 0 Å².